The van der Waals surface area contributed by atoms with E-state index in [0.717, 1.165) is 15.7 Å². The lowest BCUT2D eigenvalue weighted by molar-refractivity contribution is -0.111. The number of halogens is 1. The standard InChI is InChI=1S/C21H20BrN3O4/c1-27-18-10-14(11-19(28-2)21(18)29-3)8-9-20(26)24-16-6-4-5-7-17(16)25-13-15(22)12-23-25/h4-13H,1-3H3,(H,24,26). The maximum absolute atomic E-state index is 12.5. The van der Waals surface area contributed by atoms with Crippen molar-refractivity contribution in [1.29, 1.82) is 0 Å². The van der Waals surface area contributed by atoms with Crippen LogP contribution in [0.1, 0.15) is 5.56 Å². The number of methoxy groups -OCH3 is 3. The second kappa shape index (κ2) is 9.29. The molecule has 1 aromatic heterocycles. The second-order valence-electron chi connectivity index (χ2n) is 5.90. The Kier molecular flexibility index (Phi) is 6.56. The quantitative estimate of drug-likeness (QED) is 0.534. The van der Waals surface area contributed by atoms with Crippen molar-refractivity contribution in [3.05, 3.63) is 64.9 Å². The Labute approximate surface area is 177 Å². The van der Waals surface area contributed by atoms with Gasteiger partial charge in [0, 0.05) is 12.3 Å². The zero-order valence-corrected chi connectivity index (χ0v) is 17.8. The molecule has 2 aromatic carbocycles. The van der Waals surface area contributed by atoms with Crippen LogP contribution in [-0.2, 0) is 4.79 Å². The first-order chi connectivity index (χ1) is 14.0. The van der Waals surface area contributed by atoms with Crippen molar-refractivity contribution < 1.29 is 19.0 Å². The van der Waals surface area contributed by atoms with Crippen molar-refractivity contribution in [2.45, 2.75) is 0 Å². The first-order valence-electron chi connectivity index (χ1n) is 8.64. The van der Waals surface area contributed by atoms with Gasteiger partial charge in [-0.05, 0) is 51.8 Å². The lowest BCUT2D eigenvalue weighted by Crippen LogP contribution is -2.10. The normalized spacial score (nSPS) is 10.8. The Hall–Kier alpha value is -3.26. The highest BCUT2D eigenvalue weighted by molar-refractivity contribution is 9.10. The molecule has 7 nitrogen and oxygen atoms in total. The molecule has 1 N–H and O–H groups in total. The predicted molar refractivity (Wildman–Crippen MR) is 115 cm³/mol. The number of para-hydroxylation sites is 2. The minimum atomic E-state index is -0.280. The molecule has 0 aliphatic heterocycles. The molecule has 0 atom stereocenters. The summed E-state index contributed by atoms with van der Waals surface area (Å²) in [7, 11) is 4.63. The largest absolute Gasteiger partial charge is 0.493 e. The van der Waals surface area contributed by atoms with Crippen LogP contribution in [0.25, 0.3) is 11.8 Å². The fraction of sp³-hybridized carbons (Fsp3) is 0.143. The Morgan fingerprint density at radius 3 is 2.38 bits per heavy atom. The lowest BCUT2D eigenvalue weighted by Gasteiger charge is -2.13. The van der Waals surface area contributed by atoms with E-state index in [9.17, 15) is 4.79 Å². The summed E-state index contributed by atoms with van der Waals surface area (Å²) in [6, 6.07) is 10.9. The molecule has 0 bridgehead atoms. The average Bonchev–Trinajstić information content (AvgIpc) is 3.17. The summed E-state index contributed by atoms with van der Waals surface area (Å²) in [5, 5.41) is 7.14. The molecule has 0 spiro atoms. The van der Waals surface area contributed by atoms with Crippen molar-refractivity contribution in [1.82, 2.24) is 9.78 Å². The van der Waals surface area contributed by atoms with Gasteiger partial charge >= 0.3 is 0 Å². The van der Waals surface area contributed by atoms with E-state index in [1.807, 2.05) is 30.5 Å². The molecule has 3 rings (SSSR count). The molecule has 0 fully saturated rings. The Balaban J connectivity index is 1.81. The van der Waals surface area contributed by atoms with Crippen molar-refractivity contribution in [2.24, 2.45) is 0 Å². The number of aromatic nitrogens is 2. The fourth-order valence-corrected chi connectivity index (χ4v) is 3.04. The zero-order valence-electron chi connectivity index (χ0n) is 16.2. The Morgan fingerprint density at radius 2 is 1.79 bits per heavy atom. The van der Waals surface area contributed by atoms with E-state index < -0.39 is 0 Å². The van der Waals surface area contributed by atoms with Gasteiger partial charge in [0.1, 0.15) is 0 Å². The summed E-state index contributed by atoms with van der Waals surface area (Å²) in [4.78, 5) is 12.5. The highest BCUT2D eigenvalue weighted by Gasteiger charge is 2.12. The maximum Gasteiger partial charge on any atom is 0.248 e. The molecule has 1 heterocycles. The second-order valence-corrected chi connectivity index (χ2v) is 6.82. The molecule has 150 valence electrons. The third kappa shape index (κ3) is 4.78. The van der Waals surface area contributed by atoms with E-state index in [2.05, 4.69) is 26.3 Å². The van der Waals surface area contributed by atoms with Gasteiger partial charge in [-0.1, -0.05) is 12.1 Å². The topological polar surface area (TPSA) is 74.6 Å². The molecule has 0 radical (unpaired) electrons. The Morgan fingerprint density at radius 1 is 1.10 bits per heavy atom. The predicted octanol–water partition coefficient (Wildman–Crippen LogP) is 4.31. The van der Waals surface area contributed by atoms with Crippen molar-refractivity contribution in [3.8, 4) is 22.9 Å². The van der Waals surface area contributed by atoms with E-state index in [1.165, 1.54) is 6.08 Å². The van der Waals surface area contributed by atoms with Gasteiger partial charge in [-0.3, -0.25) is 4.79 Å². The van der Waals surface area contributed by atoms with Crippen LogP contribution in [-0.4, -0.2) is 37.0 Å². The number of ether oxygens (including phenoxy) is 3. The number of carbonyl (C=O) groups excluding carboxylic acids is 1. The van der Waals surface area contributed by atoms with E-state index in [1.54, 1.807) is 50.4 Å². The average molecular weight is 458 g/mol. The molecule has 0 aliphatic rings. The third-order valence-corrected chi connectivity index (χ3v) is 4.48. The number of amides is 1. The van der Waals surface area contributed by atoms with Gasteiger partial charge in [-0.2, -0.15) is 5.10 Å². The molecule has 8 heteroatoms. The molecule has 0 aliphatic carbocycles. The van der Waals surface area contributed by atoms with Crippen molar-refractivity contribution in [2.75, 3.05) is 26.6 Å². The van der Waals surface area contributed by atoms with Gasteiger partial charge in [0.15, 0.2) is 11.5 Å². The van der Waals surface area contributed by atoms with Crippen LogP contribution in [0.15, 0.2) is 59.3 Å². The molecular formula is C21H20BrN3O4. The number of nitrogens with one attached hydrogen (secondary N) is 1. The fourth-order valence-electron chi connectivity index (χ4n) is 2.76. The summed E-state index contributed by atoms with van der Waals surface area (Å²) in [5.41, 5.74) is 2.13. The van der Waals surface area contributed by atoms with Gasteiger partial charge in [0.05, 0.1) is 43.4 Å². The third-order valence-electron chi connectivity index (χ3n) is 4.07. The highest BCUT2D eigenvalue weighted by Crippen LogP contribution is 2.38. The summed E-state index contributed by atoms with van der Waals surface area (Å²) in [6.45, 7) is 0. The SMILES string of the molecule is COc1cc(C=CC(=O)Nc2ccccc2-n2cc(Br)cn2)cc(OC)c1OC. The number of hydrogen-bond donors (Lipinski definition) is 1. The van der Waals surface area contributed by atoms with Crippen LogP contribution in [0.4, 0.5) is 5.69 Å². The van der Waals surface area contributed by atoms with Crippen molar-refractivity contribution in [3.63, 3.8) is 0 Å². The van der Waals surface area contributed by atoms with Crippen LogP contribution in [0, 0.1) is 0 Å². The summed E-state index contributed by atoms with van der Waals surface area (Å²) >= 11 is 3.38. The first kappa shape index (κ1) is 20.5. The van der Waals surface area contributed by atoms with Gasteiger partial charge in [0.2, 0.25) is 11.7 Å². The number of anilines is 1. The summed E-state index contributed by atoms with van der Waals surface area (Å²) < 4.78 is 18.5. The number of hydrogen-bond acceptors (Lipinski definition) is 5. The van der Waals surface area contributed by atoms with Crippen LogP contribution in [0.5, 0.6) is 17.2 Å². The van der Waals surface area contributed by atoms with Crippen LogP contribution >= 0.6 is 15.9 Å². The van der Waals surface area contributed by atoms with E-state index in [0.29, 0.717) is 22.9 Å². The van der Waals surface area contributed by atoms with Gasteiger partial charge in [-0.25, -0.2) is 4.68 Å². The van der Waals surface area contributed by atoms with Gasteiger partial charge in [0.25, 0.3) is 0 Å². The van der Waals surface area contributed by atoms with E-state index >= 15 is 0 Å². The number of nitrogens with zero attached hydrogens (tertiary/aromatic N) is 2. The Bertz CT molecular complexity index is 1020. The number of rotatable bonds is 7. The zero-order chi connectivity index (χ0) is 20.8. The van der Waals surface area contributed by atoms with E-state index in [4.69, 9.17) is 14.2 Å². The molecule has 0 saturated carbocycles. The lowest BCUT2D eigenvalue weighted by atomic mass is 10.1. The first-order valence-corrected chi connectivity index (χ1v) is 9.43. The van der Waals surface area contributed by atoms with Crippen LogP contribution in [0.2, 0.25) is 0 Å². The molecule has 1 amide bonds. The van der Waals surface area contributed by atoms with E-state index in [-0.39, 0.29) is 5.91 Å². The molecule has 0 unspecified atom stereocenters. The smallest absolute Gasteiger partial charge is 0.248 e. The number of carbonyl (C=O) groups is 1. The maximum atomic E-state index is 12.5. The van der Waals surface area contributed by atoms with Gasteiger partial charge in [-0.15, -0.1) is 0 Å². The minimum absolute atomic E-state index is 0.280. The van der Waals surface area contributed by atoms with Crippen LogP contribution < -0.4 is 19.5 Å². The molecular weight excluding hydrogens is 438 g/mol. The van der Waals surface area contributed by atoms with Crippen molar-refractivity contribution >= 4 is 33.6 Å². The summed E-state index contributed by atoms with van der Waals surface area (Å²) in [5.74, 6) is 1.25. The molecule has 3 aromatic rings. The number of benzene rings is 2. The monoisotopic (exact) mass is 457 g/mol. The van der Waals surface area contributed by atoms with Gasteiger partial charge < -0.3 is 19.5 Å². The molecule has 29 heavy (non-hydrogen) atoms. The summed E-state index contributed by atoms with van der Waals surface area (Å²) in [6.07, 6.45) is 6.61. The molecule has 0 saturated heterocycles. The minimum Gasteiger partial charge on any atom is -0.493 e. The highest BCUT2D eigenvalue weighted by atomic mass is 79.9. The van der Waals surface area contributed by atoms with Crippen LogP contribution in [0.3, 0.4) is 0 Å².